The summed E-state index contributed by atoms with van der Waals surface area (Å²) >= 11 is 1.37. The lowest BCUT2D eigenvalue weighted by molar-refractivity contribution is -0.384. The van der Waals surface area contributed by atoms with Crippen LogP contribution in [-0.4, -0.2) is 40.0 Å². The first-order valence-electron chi connectivity index (χ1n) is 9.83. The fraction of sp³-hybridized carbons (Fsp3) is 0.381. The molecule has 0 aliphatic carbocycles. The molecule has 9 nitrogen and oxygen atoms in total. The van der Waals surface area contributed by atoms with Crippen molar-refractivity contribution in [1.82, 2.24) is 10.2 Å². The number of thioether (sulfide) groups is 1. The first kappa shape index (κ1) is 22.5. The van der Waals surface area contributed by atoms with E-state index in [9.17, 15) is 19.7 Å². The number of carbonyl (C=O) groups is 2. The molecule has 2 aliphatic heterocycles. The molecule has 1 amide bonds. The van der Waals surface area contributed by atoms with E-state index in [1.54, 1.807) is 19.1 Å². The monoisotopic (exact) mass is 444 g/mol. The molecule has 10 heteroatoms. The highest BCUT2D eigenvalue weighted by atomic mass is 32.2. The summed E-state index contributed by atoms with van der Waals surface area (Å²) in [6, 6.07) is 5.46. The van der Waals surface area contributed by atoms with Gasteiger partial charge in [-0.2, -0.15) is 0 Å². The second-order valence-electron chi connectivity index (χ2n) is 7.29. The number of non-ortho nitro benzene ring substituents is 1. The smallest absolute Gasteiger partial charge is 0.338 e. The number of rotatable bonds is 7. The maximum Gasteiger partial charge on any atom is 0.338 e. The lowest BCUT2D eigenvalue weighted by Gasteiger charge is -2.36. The molecule has 0 unspecified atom stereocenters. The van der Waals surface area contributed by atoms with Gasteiger partial charge < -0.3 is 15.0 Å². The minimum atomic E-state index is -0.613. The number of aliphatic imine (C=N–C) groups is 1. The number of amides is 1. The number of nitro groups is 1. The number of ether oxygens (including phenoxy) is 1. The van der Waals surface area contributed by atoms with Gasteiger partial charge in [0, 0.05) is 23.9 Å². The van der Waals surface area contributed by atoms with Crippen LogP contribution in [0.25, 0.3) is 0 Å². The highest BCUT2D eigenvalue weighted by molar-refractivity contribution is 8.16. The van der Waals surface area contributed by atoms with E-state index in [0.29, 0.717) is 27.7 Å². The second kappa shape index (κ2) is 9.34. The molecule has 0 saturated heterocycles. The van der Waals surface area contributed by atoms with Gasteiger partial charge in [0.05, 0.1) is 35.8 Å². The fourth-order valence-electron chi connectivity index (χ4n) is 3.43. The lowest BCUT2D eigenvalue weighted by atomic mass is 9.93. The van der Waals surface area contributed by atoms with E-state index in [0.717, 1.165) is 6.42 Å². The van der Waals surface area contributed by atoms with Gasteiger partial charge in [-0.25, -0.2) is 9.79 Å². The molecule has 0 radical (unpaired) electrons. The zero-order valence-electron chi connectivity index (χ0n) is 17.7. The molecule has 2 aliphatic rings. The summed E-state index contributed by atoms with van der Waals surface area (Å²) in [4.78, 5) is 42.1. The van der Waals surface area contributed by atoms with E-state index in [4.69, 9.17) is 4.74 Å². The molecule has 0 saturated carbocycles. The van der Waals surface area contributed by atoms with Gasteiger partial charge in [-0.15, -0.1) is 0 Å². The zero-order valence-corrected chi connectivity index (χ0v) is 18.6. The second-order valence-corrected chi connectivity index (χ2v) is 8.12. The van der Waals surface area contributed by atoms with E-state index in [1.165, 1.54) is 31.0 Å². The average Bonchev–Trinajstić information content (AvgIpc) is 3.13. The van der Waals surface area contributed by atoms with Gasteiger partial charge in [-0.05, 0) is 43.4 Å². The molecule has 0 fully saturated rings. The number of esters is 1. The minimum Gasteiger partial charge on any atom is -0.466 e. The van der Waals surface area contributed by atoms with Crippen molar-refractivity contribution in [3.63, 3.8) is 0 Å². The topological polar surface area (TPSA) is 114 Å². The van der Waals surface area contributed by atoms with Crippen LogP contribution in [-0.2, 0) is 14.3 Å². The van der Waals surface area contributed by atoms with Crippen molar-refractivity contribution in [2.24, 2.45) is 4.99 Å². The van der Waals surface area contributed by atoms with Crippen LogP contribution in [0.15, 0.2) is 51.6 Å². The summed E-state index contributed by atoms with van der Waals surface area (Å²) in [6.45, 7) is 5.65. The van der Waals surface area contributed by atoms with Gasteiger partial charge in [-0.1, -0.05) is 18.7 Å². The van der Waals surface area contributed by atoms with E-state index >= 15 is 0 Å². The first-order chi connectivity index (χ1) is 14.8. The summed E-state index contributed by atoms with van der Waals surface area (Å²) in [5, 5.41) is 16.5. The third kappa shape index (κ3) is 4.63. The molecule has 3 rings (SSSR count). The molecule has 164 valence electrons. The summed E-state index contributed by atoms with van der Waals surface area (Å²) in [5.74, 6) is -0.667. The Kier molecular flexibility index (Phi) is 6.79. The number of methoxy groups -OCH3 is 1. The van der Waals surface area contributed by atoms with E-state index < -0.39 is 16.9 Å². The predicted octanol–water partition coefficient (Wildman–Crippen LogP) is 3.65. The molecule has 31 heavy (non-hydrogen) atoms. The summed E-state index contributed by atoms with van der Waals surface area (Å²) < 4.78 is 5.00. The number of nitrogens with one attached hydrogen (secondary N) is 1. The fourth-order valence-corrected chi connectivity index (χ4v) is 4.39. The molecule has 2 atom stereocenters. The molecule has 2 heterocycles. The number of benzene rings is 1. The standard InChI is InChI=1S/C21H24N4O5S/c1-5-12(2)22-17(26)10-16-11-31-21-23-13(3)18(20(27)30-4)19(24(16)21)14-6-8-15(9-7-14)25(28)29/h6-9,11-12,19H,5,10H2,1-4H3,(H,22,26)/t12-,19+/m1/s1. The molecule has 0 spiro atoms. The Bertz CT molecular complexity index is 1000. The van der Waals surface area contributed by atoms with Gasteiger partial charge >= 0.3 is 5.97 Å². The minimum absolute atomic E-state index is 0.0479. The van der Waals surface area contributed by atoms with Crippen molar-refractivity contribution in [3.05, 3.63) is 62.3 Å². The van der Waals surface area contributed by atoms with E-state index in [1.807, 2.05) is 24.2 Å². The molecule has 1 aromatic carbocycles. The zero-order chi connectivity index (χ0) is 22.7. The summed E-state index contributed by atoms with van der Waals surface area (Å²) in [7, 11) is 1.30. The Morgan fingerprint density at radius 2 is 2.03 bits per heavy atom. The number of fused-ring (bicyclic) bond motifs is 1. The lowest BCUT2D eigenvalue weighted by Crippen LogP contribution is -2.39. The van der Waals surface area contributed by atoms with Gasteiger partial charge in [-0.3, -0.25) is 14.9 Å². The quantitative estimate of drug-likeness (QED) is 0.388. The maximum absolute atomic E-state index is 12.6. The van der Waals surface area contributed by atoms with E-state index in [-0.39, 0.29) is 24.1 Å². The van der Waals surface area contributed by atoms with Gasteiger partial charge in [0.15, 0.2) is 5.17 Å². The van der Waals surface area contributed by atoms with Crippen LogP contribution < -0.4 is 5.32 Å². The summed E-state index contributed by atoms with van der Waals surface area (Å²) in [5.41, 5.74) is 2.15. The van der Waals surface area contributed by atoms with Crippen LogP contribution in [0.3, 0.4) is 0 Å². The number of amidine groups is 1. The Morgan fingerprint density at radius 3 is 2.61 bits per heavy atom. The normalized spacial score (nSPS) is 18.7. The summed E-state index contributed by atoms with van der Waals surface area (Å²) in [6.07, 6.45) is 0.934. The van der Waals surface area contributed by atoms with Gasteiger partial charge in [0.2, 0.25) is 5.91 Å². The van der Waals surface area contributed by atoms with Gasteiger partial charge in [0.1, 0.15) is 0 Å². The third-order valence-corrected chi connectivity index (χ3v) is 6.08. The number of hydrogen-bond acceptors (Lipinski definition) is 8. The molecule has 1 N–H and O–H groups in total. The van der Waals surface area contributed by atoms with Crippen molar-refractivity contribution >= 4 is 34.5 Å². The van der Waals surface area contributed by atoms with Gasteiger partial charge in [0.25, 0.3) is 5.69 Å². The van der Waals surface area contributed by atoms with Crippen molar-refractivity contribution in [3.8, 4) is 0 Å². The Labute approximate surface area is 184 Å². The average molecular weight is 445 g/mol. The number of nitrogens with zero attached hydrogens (tertiary/aromatic N) is 3. The number of nitro benzene ring substituents is 1. The molecular weight excluding hydrogens is 420 g/mol. The van der Waals surface area contributed by atoms with Crippen LogP contribution >= 0.6 is 11.8 Å². The molecule has 0 bridgehead atoms. The third-order valence-electron chi connectivity index (χ3n) is 5.19. The predicted molar refractivity (Wildman–Crippen MR) is 118 cm³/mol. The Hall–Kier alpha value is -3.14. The highest BCUT2D eigenvalue weighted by Gasteiger charge is 2.41. The van der Waals surface area contributed by atoms with Crippen LogP contribution in [0.1, 0.15) is 45.2 Å². The Balaban J connectivity index is 2.00. The number of carbonyl (C=O) groups excluding carboxylic acids is 2. The molecule has 1 aromatic rings. The van der Waals surface area contributed by atoms with Crippen molar-refractivity contribution in [2.75, 3.05) is 7.11 Å². The number of hydrogen-bond donors (Lipinski definition) is 1. The van der Waals surface area contributed by atoms with Crippen LogP contribution in [0.4, 0.5) is 5.69 Å². The molecular formula is C21H24N4O5S. The SMILES string of the molecule is CC[C@@H](C)NC(=O)CC1=CSC2=NC(C)=C(C(=O)OC)[C@H](c3ccc([N+](=O)[O-])cc3)N12. The first-order valence-corrected chi connectivity index (χ1v) is 10.7. The number of allylic oxidation sites excluding steroid dienone is 1. The van der Waals surface area contributed by atoms with Crippen LogP contribution in [0, 0.1) is 10.1 Å². The maximum atomic E-state index is 12.6. The Morgan fingerprint density at radius 1 is 1.35 bits per heavy atom. The van der Waals surface area contributed by atoms with E-state index in [2.05, 4.69) is 10.3 Å². The van der Waals surface area contributed by atoms with Crippen molar-refractivity contribution in [2.45, 2.75) is 45.7 Å². The highest BCUT2D eigenvalue weighted by Crippen LogP contribution is 2.45. The largest absolute Gasteiger partial charge is 0.466 e. The van der Waals surface area contributed by atoms with Crippen molar-refractivity contribution in [1.29, 1.82) is 0 Å². The van der Waals surface area contributed by atoms with Crippen LogP contribution in [0.5, 0.6) is 0 Å². The molecule has 0 aromatic heterocycles. The van der Waals surface area contributed by atoms with Crippen LogP contribution in [0.2, 0.25) is 0 Å². The van der Waals surface area contributed by atoms with Crippen molar-refractivity contribution < 1.29 is 19.2 Å².